The summed E-state index contributed by atoms with van der Waals surface area (Å²) < 4.78 is 0. The molecule has 10 N–H and O–H groups in total. The highest BCUT2D eigenvalue weighted by atomic mass is 16.4. The first-order valence-corrected chi connectivity index (χ1v) is 14.3. The van der Waals surface area contributed by atoms with Gasteiger partial charge in [-0.25, -0.2) is 4.79 Å². The summed E-state index contributed by atoms with van der Waals surface area (Å²) in [5, 5.41) is 16.9. The van der Waals surface area contributed by atoms with Crippen LogP contribution in [0, 0.1) is 11.8 Å². The second-order valence-electron chi connectivity index (χ2n) is 11.6. The molecule has 0 aromatic rings. The number of carboxylic acid groups (broad SMARTS) is 1. The van der Waals surface area contributed by atoms with Gasteiger partial charge in [0.25, 0.3) is 0 Å². The van der Waals surface area contributed by atoms with Gasteiger partial charge in [-0.15, -0.1) is 0 Å². The van der Waals surface area contributed by atoms with E-state index in [9.17, 15) is 38.7 Å². The second kappa shape index (κ2) is 17.3. The highest BCUT2D eigenvalue weighted by Crippen LogP contribution is 2.20. The van der Waals surface area contributed by atoms with Gasteiger partial charge in [0.1, 0.15) is 24.2 Å². The fourth-order valence-electron chi connectivity index (χ4n) is 4.74. The van der Waals surface area contributed by atoms with Crippen LogP contribution in [0.1, 0.15) is 79.1 Å². The summed E-state index contributed by atoms with van der Waals surface area (Å²) >= 11 is 0. The fraction of sp³-hybridized carbons (Fsp3) is 0.741. The van der Waals surface area contributed by atoms with Crippen molar-refractivity contribution in [2.75, 3.05) is 6.54 Å². The van der Waals surface area contributed by atoms with Crippen LogP contribution >= 0.6 is 0 Å². The molecule has 0 unspecified atom stereocenters. The Hall–Kier alpha value is -3.75. The van der Waals surface area contributed by atoms with Gasteiger partial charge in [-0.3, -0.25) is 28.8 Å². The van der Waals surface area contributed by atoms with Crippen molar-refractivity contribution in [1.82, 2.24) is 20.9 Å². The number of primary amides is 2. The molecule has 5 atom stereocenters. The minimum atomic E-state index is -1.37. The molecule has 0 aromatic carbocycles. The van der Waals surface area contributed by atoms with E-state index in [1.165, 1.54) is 4.90 Å². The Labute approximate surface area is 246 Å². The number of nitrogens with zero attached hydrogens (tertiary/aromatic N) is 1. The third kappa shape index (κ3) is 12.4. The summed E-state index contributed by atoms with van der Waals surface area (Å²) in [6.45, 7) is 7.71. The average Bonchev–Trinajstić information content (AvgIpc) is 3.36. The zero-order valence-corrected chi connectivity index (χ0v) is 24.9. The van der Waals surface area contributed by atoms with Crippen LogP contribution in [0.3, 0.4) is 0 Å². The summed E-state index contributed by atoms with van der Waals surface area (Å²) in [5.74, 6) is -5.40. The van der Waals surface area contributed by atoms with E-state index in [0.29, 0.717) is 25.8 Å². The predicted octanol–water partition coefficient (Wildman–Crippen LogP) is -1.53. The van der Waals surface area contributed by atoms with Gasteiger partial charge < -0.3 is 43.2 Å². The summed E-state index contributed by atoms with van der Waals surface area (Å²) in [6, 6.07) is -5.63. The number of likely N-dealkylation sites (tertiary alicyclic amines) is 1. The minimum Gasteiger partial charge on any atom is -0.480 e. The lowest BCUT2D eigenvalue weighted by molar-refractivity contribution is -0.143. The summed E-state index contributed by atoms with van der Waals surface area (Å²) in [4.78, 5) is 88.5. The van der Waals surface area contributed by atoms with E-state index in [2.05, 4.69) is 16.0 Å². The first-order valence-electron chi connectivity index (χ1n) is 14.3. The Bertz CT molecular complexity index is 1000. The van der Waals surface area contributed by atoms with Crippen LogP contribution in [0.15, 0.2) is 0 Å². The van der Waals surface area contributed by atoms with E-state index < -0.39 is 65.7 Å². The van der Waals surface area contributed by atoms with E-state index in [-0.39, 0.29) is 49.8 Å². The molecule has 1 aliphatic heterocycles. The second-order valence-corrected chi connectivity index (χ2v) is 11.6. The monoisotopic (exact) mass is 597 g/mol. The van der Waals surface area contributed by atoms with Crippen molar-refractivity contribution >= 4 is 41.4 Å². The lowest BCUT2D eigenvalue weighted by Gasteiger charge is -2.29. The molecule has 238 valence electrons. The highest BCUT2D eigenvalue weighted by Gasteiger charge is 2.38. The normalized spacial score (nSPS) is 17.7. The molecule has 0 spiro atoms. The van der Waals surface area contributed by atoms with Gasteiger partial charge in [-0.1, -0.05) is 27.7 Å². The molecule has 0 radical (unpaired) electrons. The SMILES string of the molecule is CC(C)C[C@H](NC(=O)[C@H](CCC(N)=O)NC(=O)[C@H](CCC(N)=O)NC(=O)[C@@H]1CCCN1C(=O)[C@@H](N)CC(C)C)C(=O)O. The highest BCUT2D eigenvalue weighted by molar-refractivity contribution is 5.96. The van der Waals surface area contributed by atoms with Crippen molar-refractivity contribution in [2.24, 2.45) is 29.0 Å². The van der Waals surface area contributed by atoms with E-state index in [1.54, 1.807) is 13.8 Å². The molecule has 0 aromatic heterocycles. The lowest BCUT2D eigenvalue weighted by atomic mass is 10.0. The number of carboxylic acids is 1. The number of carbonyl (C=O) groups excluding carboxylic acids is 6. The van der Waals surface area contributed by atoms with Crippen LogP contribution in [-0.4, -0.2) is 88.2 Å². The van der Waals surface area contributed by atoms with Gasteiger partial charge in [-0.2, -0.15) is 0 Å². The molecule has 6 amide bonds. The van der Waals surface area contributed by atoms with Crippen LogP contribution in [0.25, 0.3) is 0 Å². The molecule has 15 nitrogen and oxygen atoms in total. The van der Waals surface area contributed by atoms with Gasteiger partial charge in [-0.05, 0) is 50.4 Å². The van der Waals surface area contributed by atoms with Gasteiger partial charge in [0.05, 0.1) is 6.04 Å². The minimum absolute atomic E-state index is 0.0691. The molecular formula is C27H47N7O8. The Morgan fingerprint density at radius 1 is 0.786 bits per heavy atom. The van der Waals surface area contributed by atoms with Gasteiger partial charge >= 0.3 is 5.97 Å². The molecule has 0 aliphatic carbocycles. The third-order valence-corrected chi connectivity index (χ3v) is 6.83. The smallest absolute Gasteiger partial charge is 0.326 e. The van der Waals surface area contributed by atoms with Crippen molar-refractivity contribution in [2.45, 2.75) is 109 Å². The summed E-state index contributed by atoms with van der Waals surface area (Å²) in [5.41, 5.74) is 16.5. The van der Waals surface area contributed by atoms with Crippen molar-refractivity contribution in [3.63, 3.8) is 0 Å². The van der Waals surface area contributed by atoms with E-state index >= 15 is 0 Å². The Morgan fingerprint density at radius 2 is 1.26 bits per heavy atom. The van der Waals surface area contributed by atoms with Crippen LogP contribution in [0.4, 0.5) is 0 Å². The van der Waals surface area contributed by atoms with Crippen molar-refractivity contribution in [3.8, 4) is 0 Å². The number of carbonyl (C=O) groups is 7. The molecule has 42 heavy (non-hydrogen) atoms. The summed E-state index contributed by atoms with van der Waals surface area (Å²) in [7, 11) is 0. The topological polar surface area (TPSA) is 257 Å². The predicted molar refractivity (Wildman–Crippen MR) is 152 cm³/mol. The molecular weight excluding hydrogens is 550 g/mol. The van der Waals surface area contributed by atoms with Crippen LogP contribution in [0.5, 0.6) is 0 Å². The quantitative estimate of drug-likeness (QED) is 0.0965. The first kappa shape index (κ1) is 36.3. The number of hydrogen-bond donors (Lipinski definition) is 7. The van der Waals surface area contributed by atoms with Crippen molar-refractivity contribution in [3.05, 3.63) is 0 Å². The maximum Gasteiger partial charge on any atom is 0.326 e. The molecule has 1 rings (SSSR count). The maximum absolute atomic E-state index is 13.3. The molecule has 0 saturated carbocycles. The lowest BCUT2D eigenvalue weighted by Crippen LogP contribution is -2.58. The number of nitrogens with two attached hydrogens (primary N) is 3. The van der Waals surface area contributed by atoms with Crippen molar-refractivity contribution in [1.29, 1.82) is 0 Å². The maximum atomic E-state index is 13.3. The Balaban J connectivity index is 3.12. The van der Waals surface area contributed by atoms with Gasteiger partial charge in [0.15, 0.2) is 0 Å². The number of hydrogen-bond acceptors (Lipinski definition) is 8. The molecule has 1 aliphatic rings. The van der Waals surface area contributed by atoms with Crippen LogP contribution in [0.2, 0.25) is 0 Å². The Morgan fingerprint density at radius 3 is 1.71 bits per heavy atom. The molecule has 0 bridgehead atoms. The molecule has 1 heterocycles. The number of rotatable bonds is 18. The molecule has 1 fully saturated rings. The average molecular weight is 598 g/mol. The number of nitrogens with one attached hydrogen (secondary N) is 3. The first-order chi connectivity index (χ1) is 19.5. The number of aliphatic carboxylic acids is 1. The zero-order valence-electron chi connectivity index (χ0n) is 24.9. The van der Waals surface area contributed by atoms with Gasteiger partial charge in [0, 0.05) is 19.4 Å². The van der Waals surface area contributed by atoms with E-state index in [4.69, 9.17) is 17.2 Å². The third-order valence-electron chi connectivity index (χ3n) is 6.83. The standard InChI is InChI=1S/C27H47N7O8/c1-14(2)12-16(28)26(40)34-11-5-6-20(34)25(39)32-18(8-10-22(30)36)23(37)31-17(7-9-21(29)35)24(38)33-19(27(41)42)13-15(3)4/h14-20H,5-13,28H2,1-4H3,(H2,29,35)(H2,30,36)(H,31,37)(H,32,39)(H,33,38)(H,41,42)/t16-,17-,18-,19-,20-/m0/s1. The Kier molecular flexibility index (Phi) is 14.9. The van der Waals surface area contributed by atoms with E-state index in [0.717, 1.165) is 0 Å². The van der Waals surface area contributed by atoms with Crippen LogP contribution in [-0.2, 0) is 33.6 Å². The largest absolute Gasteiger partial charge is 0.480 e. The van der Waals surface area contributed by atoms with Crippen molar-refractivity contribution < 1.29 is 38.7 Å². The fourth-order valence-corrected chi connectivity index (χ4v) is 4.74. The summed E-state index contributed by atoms with van der Waals surface area (Å²) in [6.07, 6.45) is 0.409. The van der Waals surface area contributed by atoms with E-state index in [1.807, 2.05) is 13.8 Å². The van der Waals surface area contributed by atoms with Crippen LogP contribution < -0.4 is 33.2 Å². The number of amides is 6. The zero-order chi connectivity index (χ0) is 32.1. The van der Waals surface area contributed by atoms with Gasteiger partial charge in [0.2, 0.25) is 35.4 Å². The molecule has 15 heteroatoms. The molecule has 1 saturated heterocycles.